The molecule has 1 aliphatic carbocycles. The summed E-state index contributed by atoms with van der Waals surface area (Å²) in [6.07, 6.45) is 4.75. The molecule has 0 aromatic carbocycles. The molecule has 3 aliphatic rings. The van der Waals surface area contributed by atoms with E-state index in [1.165, 1.54) is 12.8 Å². The SMILES string of the molecule is CC(C)C1CCCN1C1CC2(CCC1O)OCCO2. The monoisotopic (exact) mass is 269 g/mol. The fourth-order valence-electron chi connectivity index (χ4n) is 4.16. The summed E-state index contributed by atoms with van der Waals surface area (Å²) in [6, 6.07) is 0.818. The van der Waals surface area contributed by atoms with E-state index in [-0.39, 0.29) is 12.1 Å². The first-order chi connectivity index (χ1) is 9.11. The second-order valence-electron chi connectivity index (χ2n) is 6.68. The summed E-state index contributed by atoms with van der Waals surface area (Å²) < 4.78 is 11.7. The number of aliphatic hydroxyl groups excluding tert-OH is 1. The highest BCUT2D eigenvalue weighted by atomic mass is 16.7. The largest absolute Gasteiger partial charge is 0.391 e. The second-order valence-corrected chi connectivity index (χ2v) is 6.68. The van der Waals surface area contributed by atoms with E-state index in [9.17, 15) is 5.11 Å². The molecule has 0 amide bonds. The van der Waals surface area contributed by atoms with E-state index in [1.54, 1.807) is 0 Å². The first-order valence-corrected chi connectivity index (χ1v) is 7.83. The Labute approximate surface area is 116 Å². The lowest BCUT2D eigenvalue weighted by Gasteiger charge is -2.45. The zero-order chi connectivity index (χ0) is 13.5. The first-order valence-electron chi connectivity index (χ1n) is 7.83. The van der Waals surface area contributed by atoms with Crippen LogP contribution in [0.25, 0.3) is 0 Å². The van der Waals surface area contributed by atoms with Crippen molar-refractivity contribution >= 4 is 0 Å². The molecule has 1 N–H and O–H groups in total. The number of hydrogen-bond donors (Lipinski definition) is 1. The number of likely N-dealkylation sites (tertiary alicyclic amines) is 1. The molecule has 2 aliphatic heterocycles. The molecule has 0 radical (unpaired) electrons. The minimum Gasteiger partial charge on any atom is -0.391 e. The zero-order valence-corrected chi connectivity index (χ0v) is 12.2. The Morgan fingerprint density at radius 3 is 2.63 bits per heavy atom. The summed E-state index contributed by atoms with van der Waals surface area (Å²) in [5.74, 6) is 0.256. The topological polar surface area (TPSA) is 41.9 Å². The Morgan fingerprint density at radius 2 is 1.95 bits per heavy atom. The Hall–Kier alpha value is -0.160. The van der Waals surface area contributed by atoms with Gasteiger partial charge < -0.3 is 14.6 Å². The molecule has 3 atom stereocenters. The molecule has 2 saturated heterocycles. The van der Waals surface area contributed by atoms with E-state index >= 15 is 0 Å². The highest BCUT2D eigenvalue weighted by Gasteiger charge is 2.48. The predicted molar refractivity (Wildman–Crippen MR) is 72.8 cm³/mol. The van der Waals surface area contributed by atoms with Crippen LogP contribution in [0.3, 0.4) is 0 Å². The molecule has 2 heterocycles. The van der Waals surface area contributed by atoms with Gasteiger partial charge in [0, 0.05) is 24.9 Å². The van der Waals surface area contributed by atoms with Gasteiger partial charge >= 0.3 is 0 Å². The fourth-order valence-corrected chi connectivity index (χ4v) is 4.16. The third-order valence-corrected chi connectivity index (χ3v) is 5.14. The van der Waals surface area contributed by atoms with Crippen LogP contribution in [0.15, 0.2) is 0 Å². The standard InChI is InChI=1S/C15H27NO3/c1-11(2)12-4-3-7-16(12)13-10-15(6-5-14(13)17)18-8-9-19-15/h11-14,17H,3-10H2,1-2H3. The normalized spacial score (nSPS) is 39.5. The molecule has 0 bridgehead atoms. The minimum atomic E-state index is -0.395. The minimum absolute atomic E-state index is 0.210. The third kappa shape index (κ3) is 2.56. The van der Waals surface area contributed by atoms with Crippen molar-refractivity contribution in [1.29, 1.82) is 0 Å². The van der Waals surface area contributed by atoms with Crippen LogP contribution in [0.4, 0.5) is 0 Å². The van der Waals surface area contributed by atoms with E-state index in [4.69, 9.17) is 9.47 Å². The molecule has 110 valence electrons. The van der Waals surface area contributed by atoms with Gasteiger partial charge in [0.2, 0.25) is 0 Å². The molecule has 0 aromatic heterocycles. The Kier molecular flexibility index (Phi) is 3.87. The summed E-state index contributed by atoms with van der Waals surface area (Å²) >= 11 is 0. The summed E-state index contributed by atoms with van der Waals surface area (Å²) in [7, 11) is 0. The van der Waals surface area contributed by atoms with Crippen molar-refractivity contribution in [3.8, 4) is 0 Å². The number of aliphatic hydroxyl groups is 1. The van der Waals surface area contributed by atoms with Crippen LogP contribution in [-0.2, 0) is 9.47 Å². The lowest BCUT2D eigenvalue weighted by molar-refractivity contribution is -0.206. The molecule has 0 aromatic rings. The number of ether oxygens (including phenoxy) is 2. The quantitative estimate of drug-likeness (QED) is 0.829. The average Bonchev–Trinajstić information content (AvgIpc) is 3.02. The van der Waals surface area contributed by atoms with Crippen LogP contribution in [-0.4, -0.2) is 53.7 Å². The van der Waals surface area contributed by atoms with Gasteiger partial charge in [-0.05, 0) is 31.7 Å². The zero-order valence-electron chi connectivity index (χ0n) is 12.2. The van der Waals surface area contributed by atoms with Crippen LogP contribution < -0.4 is 0 Å². The maximum Gasteiger partial charge on any atom is 0.170 e. The molecule has 19 heavy (non-hydrogen) atoms. The summed E-state index contributed by atoms with van der Waals surface area (Å²) in [4.78, 5) is 2.53. The van der Waals surface area contributed by atoms with Crippen molar-refractivity contribution in [2.75, 3.05) is 19.8 Å². The van der Waals surface area contributed by atoms with E-state index in [2.05, 4.69) is 18.7 Å². The summed E-state index contributed by atoms with van der Waals surface area (Å²) in [5, 5.41) is 10.4. The van der Waals surface area contributed by atoms with Gasteiger partial charge in [-0.25, -0.2) is 0 Å². The van der Waals surface area contributed by atoms with Crippen LogP contribution in [0.5, 0.6) is 0 Å². The van der Waals surface area contributed by atoms with Gasteiger partial charge in [-0.2, -0.15) is 0 Å². The van der Waals surface area contributed by atoms with Gasteiger partial charge in [0.25, 0.3) is 0 Å². The van der Waals surface area contributed by atoms with Crippen molar-refractivity contribution < 1.29 is 14.6 Å². The predicted octanol–water partition coefficient (Wildman–Crippen LogP) is 1.76. The van der Waals surface area contributed by atoms with Crippen LogP contribution in [0.2, 0.25) is 0 Å². The summed E-state index contributed by atoms with van der Waals surface area (Å²) in [6.45, 7) is 7.10. The van der Waals surface area contributed by atoms with Gasteiger partial charge in [-0.1, -0.05) is 13.8 Å². The molecular weight excluding hydrogens is 242 g/mol. The van der Waals surface area contributed by atoms with E-state index in [0.717, 1.165) is 25.8 Å². The second kappa shape index (κ2) is 5.32. The molecular formula is C15H27NO3. The lowest BCUT2D eigenvalue weighted by Crippen LogP contribution is -2.55. The first kappa shape index (κ1) is 13.8. The van der Waals surface area contributed by atoms with Crippen molar-refractivity contribution in [2.45, 2.75) is 69.9 Å². The molecule has 1 spiro atoms. The highest BCUT2D eigenvalue weighted by molar-refractivity contribution is 4.97. The van der Waals surface area contributed by atoms with Gasteiger partial charge in [-0.3, -0.25) is 4.90 Å². The van der Waals surface area contributed by atoms with E-state index in [1.807, 2.05) is 0 Å². The smallest absolute Gasteiger partial charge is 0.170 e. The highest BCUT2D eigenvalue weighted by Crippen LogP contribution is 2.40. The van der Waals surface area contributed by atoms with Crippen molar-refractivity contribution in [3.63, 3.8) is 0 Å². The van der Waals surface area contributed by atoms with Crippen LogP contribution in [0, 0.1) is 5.92 Å². The molecule has 3 unspecified atom stereocenters. The molecule has 3 rings (SSSR count). The van der Waals surface area contributed by atoms with Gasteiger partial charge in [-0.15, -0.1) is 0 Å². The van der Waals surface area contributed by atoms with Gasteiger partial charge in [0.15, 0.2) is 5.79 Å². The van der Waals surface area contributed by atoms with Gasteiger partial charge in [0.05, 0.1) is 19.3 Å². The van der Waals surface area contributed by atoms with E-state index in [0.29, 0.717) is 25.2 Å². The van der Waals surface area contributed by atoms with Crippen molar-refractivity contribution in [2.24, 2.45) is 5.92 Å². The number of nitrogens with zero attached hydrogens (tertiary/aromatic N) is 1. The fraction of sp³-hybridized carbons (Fsp3) is 1.00. The Balaban J connectivity index is 1.74. The van der Waals surface area contributed by atoms with Gasteiger partial charge in [0.1, 0.15) is 0 Å². The molecule has 1 saturated carbocycles. The third-order valence-electron chi connectivity index (χ3n) is 5.14. The summed E-state index contributed by atoms with van der Waals surface area (Å²) in [5.41, 5.74) is 0. The Morgan fingerprint density at radius 1 is 1.21 bits per heavy atom. The maximum atomic E-state index is 10.4. The maximum absolute atomic E-state index is 10.4. The lowest BCUT2D eigenvalue weighted by atomic mass is 9.85. The number of hydrogen-bond acceptors (Lipinski definition) is 4. The molecule has 3 fully saturated rings. The van der Waals surface area contributed by atoms with Crippen LogP contribution >= 0.6 is 0 Å². The van der Waals surface area contributed by atoms with Crippen molar-refractivity contribution in [1.82, 2.24) is 4.90 Å². The Bertz CT molecular complexity index is 315. The van der Waals surface area contributed by atoms with Crippen LogP contribution in [0.1, 0.15) is 46.0 Å². The van der Waals surface area contributed by atoms with Crippen molar-refractivity contribution in [3.05, 3.63) is 0 Å². The van der Waals surface area contributed by atoms with E-state index < -0.39 is 5.79 Å². The molecule has 4 heteroatoms. The molecule has 4 nitrogen and oxygen atoms in total. The average molecular weight is 269 g/mol. The number of rotatable bonds is 2.